The van der Waals surface area contributed by atoms with Gasteiger partial charge in [-0.2, -0.15) is 0 Å². The quantitative estimate of drug-likeness (QED) is 0.716. The number of nitrogens with zero attached hydrogens (tertiary/aromatic N) is 1. The summed E-state index contributed by atoms with van der Waals surface area (Å²) in [4.78, 5) is 5.39. The maximum atomic E-state index is 4.10. The van der Waals surface area contributed by atoms with Crippen LogP contribution in [-0.4, -0.2) is 16.8 Å². The van der Waals surface area contributed by atoms with Crippen LogP contribution in [0, 0.1) is 0 Å². The van der Waals surface area contributed by atoms with Gasteiger partial charge in [0, 0.05) is 28.6 Å². The molecule has 2 atom stereocenters. The van der Waals surface area contributed by atoms with Crippen molar-refractivity contribution in [2.75, 3.05) is 6.54 Å². The van der Waals surface area contributed by atoms with Crippen molar-refractivity contribution in [2.24, 2.45) is 0 Å². The standard InChI is InChI=1S/C18H24N2S/c1-3-12-20-18(15-8-6-5-7-9-15)17(4-2)21-16-10-13-19-14-11-16/h5-11,13-14,17-18,20H,3-4,12H2,1-2H3. The molecule has 21 heavy (non-hydrogen) atoms. The Balaban J connectivity index is 2.16. The van der Waals surface area contributed by atoms with Gasteiger partial charge in [-0.1, -0.05) is 44.2 Å². The van der Waals surface area contributed by atoms with Crippen molar-refractivity contribution in [3.63, 3.8) is 0 Å². The first-order chi connectivity index (χ1) is 10.3. The molecule has 0 radical (unpaired) electrons. The Kier molecular flexibility index (Phi) is 6.77. The second-order valence-electron chi connectivity index (χ2n) is 5.09. The lowest BCUT2D eigenvalue weighted by Crippen LogP contribution is -2.30. The first-order valence-electron chi connectivity index (χ1n) is 7.70. The largest absolute Gasteiger partial charge is 0.309 e. The molecule has 1 N–H and O–H groups in total. The summed E-state index contributed by atoms with van der Waals surface area (Å²) in [6, 6.07) is 15.3. The van der Waals surface area contributed by atoms with Crippen LogP contribution in [0.1, 0.15) is 38.3 Å². The maximum Gasteiger partial charge on any atom is 0.0444 e. The zero-order valence-electron chi connectivity index (χ0n) is 12.8. The van der Waals surface area contributed by atoms with Crippen molar-refractivity contribution in [1.29, 1.82) is 0 Å². The number of aromatic nitrogens is 1. The molecule has 1 aromatic carbocycles. The minimum atomic E-state index is 0.384. The third-order valence-electron chi connectivity index (χ3n) is 3.48. The molecule has 0 bridgehead atoms. The van der Waals surface area contributed by atoms with Crippen molar-refractivity contribution in [3.8, 4) is 0 Å². The highest BCUT2D eigenvalue weighted by Gasteiger charge is 2.22. The van der Waals surface area contributed by atoms with E-state index in [0.717, 1.165) is 19.4 Å². The van der Waals surface area contributed by atoms with E-state index in [9.17, 15) is 0 Å². The van der Waals surface area contributed by atoms with Gasteiger partial charge in [0.2, 0.25) is 0 Å². The summed E-state index contributed by atoms with van der Waals surface area (Å²) in [5.41, 5.74) is 1.37. The van der Waals surface area contributed by atoms with E-state index >= 15 is 0 Å². The molecule has 2 unspecified atom stereocenters. The molecule has 1 heterocycles. The summed E-state index contributed by atoms with van der Waals surface area (Å²) in [6.07, 6.45) is 6.01. The molecule has 0 aliphatic carbocycles. The van der Waals surface area contributed by atoms with Crippen molar-refractivity contribution in [3.05, 3.63) is 60.4 Å². The highest BCUT2D eigenvalue weighted by atomic mass is 32.2. The lowest BCUT2D eigenvalue weighted by molar-refractivity contribution is 0.505. The molecule has 1 aromatic heterocycles. The van der Waals surface area contributed by atoms with Crippen LogP contribution in [0.4, 0.5) is 0 Å². The van der Waals surface area contributed by atoms with Gasteiger partial charge in [-0.3, -0.25) is 4.98 Å². The Labute approximate surface area is 132 Å². The average molecular weight is 300 g/mol. The summed E-state index contributed by atoms with van der Waals surface area (Å²) >= 11 is 1.94. The van der Waals surface area contributed by atoms with Crippen molar-refractivity contribution >= 4 is 11.8 Å². The molecule has 0 saturated heterocycles. The Morgan fingerprint density at radius 2 is 1.76 bits per heavy atom. The van der Waals surface area contributed by atoms with Gasteiger partial charge in [-0.05, 0) is 37.1 Å². The van der Waals surface area contributed by atoms with Gasteiger partial charge in [0.1, 0.15) is 0 Å². The number of thioether (sulfide) groups is 1. The molecular weight excluding hydrogens is 276 g/mol. The maximum absolute atomic E-state index is 4.10. The van der Waals surface area contributed by atoms with Crippen LogP contribution in [0.3, 0.4) is 0 Å². The highest BCUT2D eigenvalue weighted by molar-refractivity contribution is 8.00. The van der Waals surface area contributed by atoms with Gasteiger partial charge in [0.15, 0.2) is 0 Å². The third kappa shape index (κ3) is 4.87. The molecule has 0 fully saturated rings. The predicted molar refractivity (Wildman–Crippen MR) is 91.6 cm³/mol. The fraction of sp³-hybridized carbons (Fsp3) is 0.389. The van der Waals surface area contributed by atoms with Crippen LogP contribution in [0.15, 0.2) is 59.8 Å². The van der Waals surface area contributed by atoms with Crippen molar-refractivity contribution in [2.45, 2.75) is 42.9 Å². The van der Waals surface area contributed by atoms with E-state index in [4.69, 9.17) is 0 Å². The monoisotopic (exact) mass is 300 g/mol. The summed E-state index contributed by atoms with van der Waals surface area (Å²) in [6.45, 7) is 5.53. The van der Waals surface area contributed by atoms with Crippen LogP contribution < -0.4 is 5.32 Å². The predicted octanol–water partition coefficient (Wildman–Crippen LogP) is 4.69. The number of benzene rings is 1. The number of nitrogens with one attached hydrogen (secondary N) is 1. The van der Waals surface area contributed by atoms with Crippen LogP contribution in [0.25, 0.3) is 0 Å². The minimum Gasteiger partial charge on any atom is -0.309 e. The second kappa shape index (κ2) is 8.85. The summed E-state index contributed by atoms with van der Waals surface area (Å²) in [5.74, 6) is 0. The highest BCUT2D eigenvalue weighted by Crippen LogP contribution is 2.34. The Morgan fingerprint density at radius 1 is 1.05 bits per heavy atom. The van der Waals surface area contributed by atoms with Crippen LogP contribution in [-0.2, 0) is 0 Å². The number of rotatable bonds is 8. The fourth-order valence-electron chi connectivity index (χ4n) is 2.40. The smallest absolute Gasteiger partial charge is 0.0444 e. The third-order valence-corrected chi connectivity index (χ3v) is 4.94. The number of hydrogen-bond donors (Lipinski definition) is 1. The van der Waals surface area contributed by atoms with Gasteiger partial charge < -0.3 is 5.32 Å². The number of hydrogen-bond acceptors (Lipinski definition) is 3. The minimum absolute atomic E-state index is 0.384. The molecule has 2 aromatic rings. The van der Waals surface area contributed by atoms with Crippen molar-refractivity contribution < 1.29 is 0 Å². The molecule has 0 spiro atoms. The van der Waals surface area contributed by atoms with E-state index in [2.05, 4.69) is 66.6 Å². The lowest BCUT2D eigenvalue weighted by Gasteiger charge is -2.27. The molecule has 2 rings (SSSR count). The summed E-state index contributed by atoms with van der Waals surface area (Å²) in [5, 5.41) is 4.24. The van der Waals surface area contributed by atoms with Crippen LogP contribution in [0.5, 0.6) is 0 Å². The van der Waals surface area contributed by atoms with Crippen molar-refractivity contribution in [1.82, 2.24) is 10.3 Å². The summed E-state index contributed by atoms with van der Waals surface area (Å²) < 4.78 is 0. The molecule has 0 saturated carbocycles. The van der Waals surface area contributed by atoms with Crippen LogP contribution >= 0.6 is 11.8 Å². The van der Waals surface area contributed by atoms with Gasteiger partial charge in [-0.25, -0.2) is 0 Å². The molecular formula is C18H24N2S. The van der Waals surface area contributed by atoms with E-state index in [-0.39, 0.29) is 0 Å². The topological polar surface area (TPSA) is 24.9 Å². The second-order valence-corrected chi connectivity index (χ2v) is 6.40. The molecule has 0 aliphatic heterocycles. The zero-order chi connectivity index (χ0) is 14.9. The first-order valence-corrected chi connectivity index (χ1v) is 8.58. The van der Waals surface area contributed by atoms with Gasteiger partial charge in [-0.15, -0.1) is 11.8 Å². The van der Waals surface area contributed by atoms with Gasteiger partial charge in [0.25, 0.3) is 0 Å². The van der Waals surface area contributed by atoms with E-state index in [1.165, 1.54) is 10.5 Å². The van der Waals surface area contributed by atoms with E-state index in [0.29, 0.717) is 11.3 Å². The Hall–Kier alpha value is -1.32. The molecule has 3 heteroatoms. The van der Waals surface area contributed by atoms with Gasteiger partial charge >= 0.3 is 0 Å². The SMILES string of the molecule is CCCNC(c1ccccc1)C(CC)Sc1ccncc1. The lowest BCUT2D eigenvalue weighted by atomic mass is 10.0. The van der Waals surface area contributed by atoms with Crippen LogP contribution in [0.2, 0.25) is 0 Å². The molecule has 0 amide bonds. The summed E-state index contributed by atoms with van der Waals surface area (Å²) in [7, 11) is 0. The Bertz CT molecular complexity index is 501. The molecule has 112 valence electrons. The zero-order valence-corrected chi connectivity index (χ0v) is 13.6. The molecule has 0 aliphatic rings. The van der Waals surface area contributed by atoms with E-state index in [1.807, 2.05) is 24.2 Å². The fourth-order valence-corrected chi connectivity index (χ4v) is 3.59. The number of pyridine rings is 1. The normalized spacial score (nSPS) is 13.8. The average Bonchev–Trinajstić information content (AvgIpc) is 2.56. The first kappa shape index (κ1) is 16.1. The van der Waals surface area contributed by atoms with Gasteiger partial charge in [0.05, 0.1) is 0 Å². The Morgan fingerprint density at radius 3 is 2.38 bits per heavy atom. The molecule has 2 nitrogen and oxygen atoms in total. The van der Waals surface area contributed by atoms with E-state index < -0.39 is 0 Å². The van der Waals surface area contributed by atoms with E-state index in [1.54, 1.807) is 0 Å².